The van der Waals surface area contributed by atoms with E-state index in [-0.39, 0.29) is 11.9 Å². The minimum Gasteiger partial charge on any atom is -0.347 e. The lowest BCUT2D eigenvalue weighted by atomic mass is 10.1. The van der Waals surface area contributed by atoms with Gasteiger partial charge in [0.05, 0.1) is 11.7 Å². The fourth-order valence-electron chi connectivity index (χ4n) is 3.74. The molecule has 1 fully saturated rings. The van der Waals surface area contributed by atoms with Crippen molar-refractivity contribution < 1.29 is 4.79 Å². The van der Waals surface area contributed by atoms with E-state index in [9.17, 15) is 4.79 Å². The molecule has 1 aliphatic rings. The molecule has 2 aromatic heterocycles. The van der Waals surface area contributed by atoms with Gasteiger partial charge >= 0.3 is 0 Å². The number of nitrogens with one attached hydrogen (secondary N) is 1. The molecule has 4 rings (SSSR count). The van der Waals surface area contributed by atoms with Crippen molar-refractivity contribution in [1.29, 1.82) is 0 Å². The number of nitrogens with zero attached hydrogens (tertiary/aromatic N) is 5. The number of hydrogen-bond acceptors (Lipinski definition) is 4. The number of rotatable bonds is 4. The maximum Gasteiger partial charge on any atom is 0.253 e. The van der Waals surface area contributed by atoms with Gasteiger partial charge in [-0.2, -0.15) is 5.10 Å². The number of hydrogen-bond donors (Lipinski definition) is 1. The molecule has 27 heavy (non-hydrogen) atoms. The van der Waals surface area contributed by atoms with Gasteiger partial charge in [-0.1, -0.05) is 6.92 Å². The van der Waals surface area contributed by atoms with E-state index in [0.29, 0.717) is 12.1 Å². The SMILES string of the molecule is CCN1CCN(C(=O)c2ccc(-n3cccn3)c(C)c2)CC1c1ncc[nH]1. The summed E-state index contributed by atoms with van der Waals surface area (Å²) in [6.45, 7) is 7.30. The second kappa shape index (κ2) is 7.36. The smallest absolute Gasteiger partial charge is 0.253 e. The summed E-state index contributed by atoms with van der Waals surface area (Å²) in [6, 6.07) is 7.79. The summed E-state index contributed by atoms with van der Waals surface area (Å²) in [5.74, 6) is 0.983. The maximum atomic E-state index is 13.1. The van der Waals surface area contributed by atoms with Gasteiger partial charge in [-0.15, -0.1) is 0 Å². The van der Waals surface area contributed by atoms with Gasteiger partial charge in [-0.25, -0.2) is 9.67 Å². The van der Waals surface area contributed by atoms with Crippen LogP contribution in [0.5, 0.6) is 0 Å². The molecule has 1 amide bonds. The zero-order chi connectivity index (χ0) is 18.8. The van der Waals surface area contributed by atoms with E-state index in [1.807, 2.05) is 53.2 Å². The number of imidazole rings is 1. The molecule has 1 aromatic carbocycles. The molecule has 1 unspecified atom stereocenters. The summed E-state index contributed by atoms with van der Waals surface area (Å²) in [7, 11) is 0. The average molecular weight is 364 g/mol. The summed E-state index contributed by atoms with van der Waals surface area (Å²) < 4.78 is 1.82. The number of H-pyrrole nitrogens is 1. The number of benzene rings is 1. The van der Waals surface area contributed by atoms with Gasteiger partial charge in [0.1, 0.15) is 5.82 Å². The molecule has 3 aromatic rings. The van der Waals surface area contributed by atoms with Crippen LogP contribution < -0.4 is 0 Å². The van der Waals surface area contributed by atoms with Crippen molar-refractivity contribution in [1.82, 2.24) is 29.5 Å². The Morgan fingerprint density at radius 1 is 1.30 bits per heavy atom. The van der Waals surface area contributed by atoms with E-state index in [4.69, 9.17) is 0 Å². The van der Waals surface area contributed by atoms with Gasteiger partial charge in [0.15, 0.2) is 0 Å². The number of carbonyl (C=O) groups is 1. The molecule has 140 valence electrons. The Morgan fingerprint density at radius 3 is 2.85 bits per heavy atom. The van der Waals surface area contributed by atoms with Crippen LogP contribution in [0.3, 0.4) is 0 Å². The third-order valence-corrected chi connectivity index (χ3v) is 5.21. The predicted octanol–water partition coefficient (Wildman–Crippen LogP) is 2.42. The van der Waals surface area contributed by atoms with Gasteiger partial charge < -0.3 is 9.88 Å². The highest BCUT2D eigenvalue weighted by Crippen LogP contribution is 2.24. The topological polar surface area (TPSA) is 70.1 Å². The zero-order valence-electron chi connectivity index (χ0n) is 15.7. The first-order valence-electron chi connectivity index (χ1n) is 9.30. The largest absolute Gasteiger partial charge is 0.347 e. The van der Waals surface area contributed by atoms with Crippen molar-refractivity contribution in [2.45, 2.75) is 19.9 Å². The Labute approximate surface area is 158 Å². The first-order chi connectivity index (χ1) is 13.2. The van der Waals surface area contributed by atoms with Crippen LogP contribution in [0.15, 0.2) is 49.1 Å². The van der Waals surface area contributed by atoms with Gasteiger partial charge in [-0.3, -0.25) is 9.69 Å². The van der Waals surface area contributed by atoms with E-state index in [2.05, 4.69) is 26.9 Å². The molecule has 1 atom stereocenters. The average Bonchev–Trinajstić information content (AvgIpc) is 3.40. The fraction of sp³-hybridized carbons (Fsp3) is 0.350. The van der Waals surface area contributed by atoms with Crippen LogP contribution in [-0.4, -0.2) is 61.6 Å². The monoisotopic (exact) mass is 364 g/mol. The Hall–Kier alpha value is -2.93. The number of carbonyl (C=O) groups excluding carboxylic acids is 1. The lowest BCUT2D eigenvalue weighted by Gasteiger charge is -2.40. The number of likely N-dealkylation sites (N-methyl/N-ethyl adjacent to an activating group) is 1. The quantitative estimate of drug-likeness (QED) is 0.772. The lowest BCUT2D eigenvalue weighted by Crippen LogP contribution is -2.50. The van der Waals surface area contributed by atoms with E-state index < -0.39 is 0 Å². The van der Waals surface area contributed by atoms with Crippen molar-refractivity contribution in [3.63, 3.8) is 0 Å². The number of piperazine rings is 1. The molecule has 0 bridgehead atoms. The molecule has 7 nitrogen and oxygen atoms in total. The molecule has 1 saturated heterocycles. The van der Waals surface area contributed by atoms with Crippen LogP contribution in [-0.2, 0) is 0 Å². The molecule has 0 saturated carbocycles. The first-order valence-corrected chi connectivity index (χ1v) is 9.30. The second-order valence-corrected chi connectivity index (χ2v) is 6.82. The Morgan fingerprint density at radius 2 is 2.19 bits per heavy atom. The molecule has 0 aliphatic carbocycles. The molecule has 0 spiro atoms. The molecule has 7 heteroatoms. The van der Waals surface area contributed by atoms with Crippen LogP contribution in [0.4, 0.5) is 0 Å². The highest BCUT2D eigenvalue weighted by molar-refractivity contribution is 5.94. The molecule has 0 radical (unpaired) electrons. The summed E-state index contributed by atoms with van der Waals surface area (Å²) in [6.07, 6.45) is 7.25. The predicted molar refractivity (Wildman–Crippen MR) is 103 cm³/mol. The van der Waals surface area contributed by atoms with Crippen LogP contribution in [0.2, 0.25) is 0 Å². The lowest BCUT2D eigenvalue weighted by molar-refractivity contribution is 0.0480. The van der Waals surface area contributed by atoms with E-state index in [0.717, 1.165) is 36.7 Å². The van der Waals surface area contributed by atoms with Crippen LogP contribution in [0.25, 0.3) is 5.69 Å². The highest BCUT2D eigenvalue weighted by atomic mass is 16.2. The summed E-state index contributed by atoms with van der Waals surface area (Å²) in [5.41, 5.74) is 2.73. The standard InChI is InChI=1S/C20H24N6O/c1-3-24-11-12-25(14-18(24)19-21-8-9-22-19)20(27)16-5-6-17(15(2)13-16)26-10-4-7-23-26/h4-10,13,18H,3,11-12,14H2,1-2H3,(H,21,22). The van der Waals surface area contributed by atoms with Crippen LogP contribution >= 0.6 is 0 Å². The first kappa shape index (κ1) is 17.5. The number of amides is 1. The van der Waals surface area contributed by atoms with Gasteiger partial charge in [-0.05, 0) is 43.3 Å². The van der Waals surface area contributed by atoms with Crippen LogP contribution in [0.1, 0.15) is 34.7 Å². The minimum absolute atomic E-state index is 0.0671. The van der Waals surface area contributed by atoms with Crippen molar-refractivity contribution in [2.24, 2.45) is 0 Å². The summed E-state index contributed by atoms with van der Waals surface area (Å²) >= 11 is 0. The van der Waals surface area contributed by atoms with Crippen molar-refractivity contribution >= 4 is 5.91 Å². The zero-order valence-corrected chi connectivity index (χ0v) is 15.7. The Kier molecular flexibility index (Phi) is 4.77. The van der Waals surface area contributed by atoms with Crippen LogP contribution in [0, 0.1) is 6.92 Å². The third-order valence-electron chi connectivity index (χ3n) is 5.21. The third kappa shape index (κ3) is 3.38. The van der Waals surface area contributed by atoms with Gasteiger partial charge in [0.2, 0.25) is 0 Å². The van der Waals surface area contributed by atoms with Gasteiger partial charge in [0.25, 0.3) is 5.91 Å². The van der Waals surface area contributed by atoms with Crippen molar-refractivity contribution in [2.75, 3.05) is 26.2 Å². The van der Waals surface area contributed by atoms with Crippen molar-refractivity contribution in [3.05, 3.63) is 66.0 Å². The second-order valence-electron chi connectivity index (χ2n) is 6.82. The summed E-state index contributed by atoms with van der Waals surface area (Å²) in [4.78, 5) is 25.0. The molecule has 1 aliphatic heterocycles. The van der Waals surface area contributed by atoms with Crippen molar-refractivity contribution in [3.8, 4) is 5.69 Å². The molecular weight excluding hydrogens is 340 g/mol. The van der Waals surface area contributed by atoms with Gasteiger partial charge in [0, 0.05) is 50.0 Å². The molecular formula is C20H24N6O. The Balaban J connectivity index is 1.55. The maximum absolute atomic E-state index is 13.1. The summed E-state index contributed by atoms with van der Waals surface area (Å²) in [5, 5.41) is 4.27. The van der Waals surface area contributed by atoms with E-state index in [1.54, 1.807) is 12.4 Å². The number of aromatic nitrogens is 4. The molecule has 3 heterocycles. The normalized spacial score (nSPS) is 18.0. The Bertz CT molecular complexity index is 903. The fourth-order valence-corrected chi connectivity index (χ4v) is 3.74. The minimum atomic E-state index is 0.0671. The van der Waals surface area contributed by atoms with E-state index in [1.165, 1.54) is 0 Å². The molecule has 1 N–H and O–H groups in total. The number of aromatic amines is 1. The highest BCUT2D eigenvalue weighted by Gasteiger charge is 2.31. The van der Waals surface area contributed by atoms with E-state index >= 15 is 0 Å². The number of aryl methyl sites for hydroxylation is 1.